The van der Waals surface area contributed by atoms with Crippen LogP contribution in [0.4, 0.5) is 5.69 Å². The fraction of sp³-hybridized carbons (Fsp3) is 0.160. The minimum Gasteiger partial charge on any atom is -0.351 e. The summed E-state index contributed by atoms with van der Waals surface area (Å²) in [6.07, 6.45) is 0.539. The van der Waals surface area contributed by atoms with Gasteiger partial charge in [0.2, 0.25) is 0 Å². The highest BCUT2D eigenvalue weighted by Crippen LogP contribution is 2.43. The first-order valence-corrected chi connectivity index (χ1v) is 12.7. The predicted molar refractivity (Wildman–Crippen MR) is 134 cm³/mol. The van der Waals surface area contributed by atoms with Crippen LogP contribution in [-0.2, 0) is 21.2 Å². The van der Waals surface area contributed by atoms with Gasteiger partial charge in [0, 0.05) is 34.3 Å². The molecule has 1 amide bonds. The molecule has 0 bridgehead atoms. The first-order valence-electron chi connectivity index (χ1n) is 10.5. The van der Waals surface area contributed by atoms with Gasteiger partial charge in [-0.1, -0.05) is 65.7 Å². The molecule has 0 spiro atoms. The van der Waals surface area contributed by atoms with Crippen LogP contribution in [0.3, 0.4) is 0 Å². The number of rotatable bonds is 6. The summed E-state index contributed by atoms with van der Waals surface area (Å²) >= 11 is 12.2. The van der Waals surface area contributed by atoms with Gasteiger partial charge >= 0.3 is 0 Å². The standard InChI is InChI=1S/C25H22Cl2N2O3S/c1-2-29-22-13-12-20(27)16-21(22)23(18-6-4-3-5-7-18)24(33(29,31)32)25(30)28-15-14-17-8-10-19(26)11-9-17/h3-13,16H,2,14-15H2,1H3,(H,28,30). The van der Waals surface area contributed by atoms with E-state index in [1.807, 2.05) is 18.2 Å². The molecule has 3 aromatic carbocycles. The number of anilines is 1. The Hall–Kier alpha value is -2.80. The topological polar surface area (TPSA) is 66.5 Å². The zero-order valence-corrected chi connectivity index (χ0v) is 20.2. The molecule has 0 fully saturated rings. The number of nitrogens with one attached hydrogen (secondary N) is 1. The first-order chi connectivity index (χ1) is 15.8. The molecule has 0 radical (unpaired) electrons. The second kappa shape index (κ2) is 9.59. The maximum Gasteiger partial charge on any atom is 0.270 e. The minimum absolute atomic E-state index is 0.181. The summed E-state index contributed by atoms with van der Waals surface area (Å²) in [5.41, 5.74) is 3.06. The lowest BCUT2D eigenvalue weighted by molar-refractivity contribution is -0.116. The molecule has 0 atom stereocenters. The molecule has 1 aliphatic rings. The average molecular weight is 501 g/mol. The van der Waals surface area contributed by atoms with E-state index in [0.717, 1.165) is 5.56 Å². The van der Waals surface area contributed by atoms with Crippen molar-refractivity contribution < 1.29 is 13.2 Å². The van der Waals surface area contributed by atoms with Gasteiger partial charge in [0.05, 0.1) is 5.69 Å². The lowest BCUT2D eigenvalue weighted by atomic mass is 9.95. The van der Waals surface area contributed by atoms with Crippen molar-refractivity contribution in [3.8, 4) is 0 Å². The average Bonchev–Trinajstić information content (AvgIpc) is 2.80. The van der Waals surface area contributed by atoms with E-state index in [1.165, 1.54) is 4.31 Å². The van der Waals surface area contributed by atoms with Gasteiger partial charge in [-0.25, -0.2) is 8.42 Å². The summed E-state index contributed by atoms with van der Waals surface area (Å²) < 4.78 is 28.5. The number of fused-ring (bicyclic) bond motifs is 1. The third-order valence-electron chi connectivity index (χ3n) is 5.44. The van der Waals surface area contributed by atoms with E-state index in [0.29, 0.717) is 38.9 Å². The Bertz CT molecular complexity index is 1320. The number of hydrogen-bond donors (Lipinski definition) is 1. The van der Waals surface area contributed by atoms with Crippen LogP contribution in [0.2, 0.25) is 10.0 Å². The van der Waals surface area contributed by atoms with Crippen molar-refractivity contribution >= 4 is 50.4 Å². The minimum atomic E-state index is -4.10. The Balaban J connectivity index is 1.79. The highest BCUT2D eigenvalue weighted by molar-refractivity contribution is 7.97. The Kier molecular flexibility index (Phi) is 6.79. The molecule has 33 heavy (non-hydrogen) atoms. The fourth-order valence-electron chi connectivity index (χ4n) is 3.93. The first kappa shape index (κ1) is 23.4. The fourth-order valence-corrected chi connectivity index (χ4v) is 6.00. The molecule has 0 unspecified atom stereocenters. The lowest BCUT2D eigenvalue weighted by Crippen LogP contribution is -2.41. The number of benzene rings is 3. The molecule has 0 saturated heterocycles. The lowest BCUT2D eigenvalue weighted by Gasteiger charge is -2.33. The Morgan fingerprint density at radius 3 is 2.27 bits per heavy atom. The molecule has 0 aromatic heterocycles. The zero-order valence-electron chi connectivity index (χ0n) is 17.9. The van der Waals surface area contributed by atoms with Crippen LogP contribution < -0.4 is 9.62 Å². The monoisotopic (exact) mass is 500 g/mol. The highest BCUT2D eigenvalue weighted by atomic mass is 35.5. The summed E-state index contributed by atoms with van der Waals surface area (Å²) in [6.45, 7) is 2.19. The molecule has 1 N–H and O–H groups in total. The van der Waals surface area contributed by atoms with Crippen molar-refractivity contribution in [3.05, 3.63) is 104 Å². The summed E-state index contributed by atoms with van der Waals surface area (Å²) in [5.74, 6) is -0.646. The van der Waals surface area contributed by atoms with E-state index < -0.39 is 15.9 Å². The van der Waals surface area contributed by atoms with Crippen LogP contribution in [0.1, 0.15) is 23.6 Å². The van der Waals surface area contributed by atoms with Gasteiger partial charge in [-0.3, -0.25) is 9.10 Å². The Morgan fingerprint density at radius 2 is 1.61 bits per heavy atom. The number of sulfonamides is 1. The number of hydrogen-bond acceptors (Lipinski definition) is 3. The van der Waals surface area contributed by atoms with Crippen molar-refractivity contribution in [2.45, 2.75) is 13.3 Å². The third-order valence-corrected chi connectivity index (χ3v) is 7.87. The molecule has 1 aliphatic heterocycles. The van der Waals surface area contributed by atoms with Gasteiger partial charge in [-0.15, -0.1) is 0 Å². The molecular weight excluding hydrogens is 479 g/mol. The van der Waals surface area contributed by atoms with Gasteiger partial charge in [-0.05, 0) is 54.8 Å². The summed E-state index contributed by atoms with van der Waals surface area (Å²) in [5, 5.41) is 3.88. The van der Waals surface area contributed by atoms with Gasteiger partial charge in [0.25, 0.3) is 15.9 Å². The molecule has 1 heterocycles. The van der Waals surface area contributed by atoms with Crippen LogP contribution in [0.5, 0.6) is 0 Å². The molecule has 5 nitrogen and oxygen atoms in total. The molecule has 4 rings (SSSR count). The SMILES string of the molecule is CCN1c2ccc(Cl)cc2C(c2ccccc2)=C(C(=O)NCCc2ccc(Cl)cc2)S1(=O)=O. The van der Waals surface area contributed by atoms with Crippen LogP contribution in [0, 0.1) is 0 Å². The quantitative estimate of drug-likeness (QED) is 0.500. The molecule has 170 valence electrons. The number of carbonyl (C=O) groups is 1. The van der Waals surface area contributed by atoms with E-state index in [4.69, 9.17) is 23.2 Å². The molecule has 3 aromatic rings. The van der Waals surface area contributed by atoms with Crippen LogP contribution in [0.25, 0.3) is 5.57 Å². The number of halogens is 2. The van der Waals surface area contributed by atoms with Crippen molar-refractivity contribution in [2.75, 3.05) is 17.4 Å². The Labute approximate surface area is 203 Å². The maximum atomic E-state index is 13.6. The number of carbonyl (C=O) groups excluding carboxylic acids is 1. The summed E-state index contributed by atoms with van der Waals surface area (Å²) in [6, 6.07) is 21.4. The zero-order chi connectivity index (χ0) is 23.6. The van der Waals surface area contributed by atoms with E-state index >= 15 is 0 Å². The predicted octanol–water partition coefficient (Wildman–Crippen LogP) is 5.28. The number of amides is 1. The smallest absolute Gasteiger partial charge is 0.270 e. The Morgan fingerprint density at radius 1 is 0.939 bits per heavy atom. The highest BCUT2D eigenvalue weighted by Gasteiger charge is 2.40. The van der Waals surface area contributed by atoms with Crippen molar-refractivity contribution in [3.63, 3.8) is 0 Å². The van der Waals surface area contributed by atoms with E-state index in [-0.39, 0.29) is 18.0 Å². The second-order valence-corrected chi connectivity index (χ2v) is 10.2. The van der Waals surface area contributed by atoms with Crippen molar-refractivity contribution in [2.24, 2.45) is 0 Å². The second-order valence-electron chi connectivity index (χ2n) is 7.53. The maximum absolute atomic E-state index is 13.6. The van der Waals surface area contributed by atoms with Gasteiger partial charge < -0.3 is 5.32 Å². The van der Waals surface area contributed by atoms with Crippen LogP contribution in [-0.4, -0.2) is 27.4 Å². The van der Waals surface area contributed by atoms with E-state index in [9.17, 15) is 13.2 Å². The summed E-state index contributed by atoms with van der Waals surface area (Å²) in [4.78, 5) is 13.1. The molecule has 8 heteroatoms. The normalized spacial score (nSPS) is 14.7. The van der Waals surface area contributed by atoms with Gasteiger partial charge in [0.15, 0.2) is 4.91 Å². The van der Waals surface area contributed by atoms with Crippen LogP contribution >= 0.6 is 23.2 Å². The van der Waals surface area contributed by atoms with Crippen LogP contribution in [0.15, 0.2) is 77.7 Å². The molecule has 0 saturated carbocycles. The molecular formula is C25H22Cl2N2O3S. The largest absolute Gasteiger partial charge is 0.351 e. The van der Waals surface area contributed by atoms with Crippen molar-refractivity contribution in [1.82, 2.24) is 5.32 Å². The van der Waals surface area contributed by atoms with Gasteiger partial charge in [0.1, 0.15) is 0 Å². The molecule has 0 aliphatic carbocycles. The van der Waals surface area contributed by atoms with Gasteiger partial charge in [-0.2, -0.15) is 0 Å². The van der Waals surface area contributed by atoms with E-state index in [2.05, 4.69) is 5.32 Å². The third kappa shape index (κ3) is 4.64. The van der Waals surface area contributed by atoms with E-state index in [1.54, 1.807) is 61.5 Å². The van der Waals surface area contributed by atoms with Crippen molar-refractivity contribution in [1.29, 1.82) is 0 Å². The number of nitrogens with zero attached hydrogens (tertiary/aromatic N) is 1. The summed E-state index contributed by atoms with van der Waals surface area (Å²) in [7, 11) is -4.10.